The van der Waals surface area contributed by atoms with Crippen LogP contribution in [0.25, 0.3) is 0 Å². The molecule has 0 fully saturated rings. The highest BCUT2D eigenvalue weighted by Crippen LogP contribution is 2.44. The van der Waals surface area contributed by atoms with E-state index < -0.39 is 17.1 Å². The van der Waals surface area contributed by atoms with Crippen molar-refractivity contribution in [2.24, 2.45) is 0 Å². The van der Waals surface area contributed by atoms with Crippen molar-refractivity contribution in [2.75, 3.05) is 0 Å². The molecule has 0 N–H and O–H groups in total. The minimum Gasteiger partial charge on any atom is -0.414 e. The monoisotopic (exact) mass is 460 g/mol. The van der Waals surface area contributed by atoms with Crippen molar-refractivity contribution in [3.05, 3.63) is 60.2 Å². The molecule has 2 aromatic heterocycles. The van der Waals surface area contributed by atoms with Crippen molar-refractivity contribution in [2.45, 2.75) is 90.8 Å². The minimum absolute atomic E-state index is 0.277. The first-order valence-electron chi connectivity index (χ1n) is 11.4. The van der Waals surface area contributed by atoms with Gasteiger partial charge in [-0.1, -0.05) is 67.5 Å². The minimum atomic E-state index is -2.66. The lowest BCUT2D eigenvalue weighted by atomic mass is 10.4. The molecular formula is C24H40N2O3Si2. The number of hydrogen-bond donors (Lipinski definition) is 0. The van der Waals surface area contributed by atoms with Gasteiger partial charge in [-0.05, 0) is 46.4 Å². The Morgan fingerprint density at radius 3 is 1.23 bits per heavy atom. The largest absolute Gasteiger partial charge is 0.414 e. The highest BCUT2D eigenvalue weighted by atomic mass is 28.5. The van der Waals surface area contributed by atoms with Crippen LogP contribution in [0.2, 0.25) is 22.2 Å². The van der Waals surface area contributed by atoms with Crippen molar-refractivity contribution < 1.29 is 13.0 Å². The lowest BCUT2D eigenvalue weighted by Crippen LogP contribution is -2.61. The summed E-state index contributed by atoms with van der Waals surface area (Å²) in [7, 11) is -5.31. The first-order valence-corrected chi connectivity index (χ1v) is 15.4. The second-order valence-corrected chi connectivity index (χ2v) is 18.3. The van der Waals surface area contributed by atoms with Gasteiger partial charge in [0.25, 0.3) is 0 Å². The van der Waals surface area contributed by atoms with Crippen LogP contribution in [-0.2, 0) is 26.2 Å². The molecule has 5 nitrogen and oxygen atoms in total. The molecule has 31 heavy (non-hydrogen) atoms. The fraction of sp³-hybridized carbons (Fsp3) is 0.583. The van der Waals surface area contributed by atoms with Crippen LogP contribution in [0.1, 0.15) is 66.8 Å². The zero-order valence-electron chi connectivity index (χ0n) is 20.5. The molecule has 0 atom stereocenters. The Hall–Kier alpha value is -1.39. The van der Waals surface area contributed by atoms with E-state index in [2.05, 4.69) is 65.4 Å². The average molecular weight is 461 g/mol. The van der Waals surface area contributed by atoms with Gasteiger partial charge < -0.3 is 13.0 Å². The van der Waals surface area contributed by atoms with Gasteiger partial charge in [-0.2, -0.15) is 0 Å². The number of aromatic nitrogens is 2. The lowest BCUT2D eigenvalue weighted by Gasteiger charge is -2.48. The Morgan fingerprint density at radius 1 is 0.613 bits per heavy atom. The molecule has 0 amide bonds. The maximum atomic E-state index is 7.29. The van der Waals surface area contributed by atoms with E-state index in [0.29, 0.717) is 13.2 Å². The predicted octanol–water partition coefficient (Wildman–Crippen LogP) is 6.75. The van der Waals surface area contributed by atoms with Crippen LogP contribution in [0.15, 0.2) is 48.8 Å². The zero-order chi connectivity index (χ0) is 23.1. The Bertz CT molecular complexity index is 689. The Balaban J connectivity index is 2.38. The van der Waals surface area contributed by atoms with E-state index >= 15 is 0 Å². The van der Waals surface area contributed by atoms with Crippen molar-refractivity contribution in [1.82, 2.24) is 9.97 Å². The predicted molar refractivity (Wildman–Crippen MR) is 131 cm³/mol. The number of rotatable bonds is 12. The van der Waals surface area contributed by atoms with Crippen LogP contribution < -0.4 is 0 Å². The van der Waals surface area contributed by atoms with Crippen molar-refractivity contribution in [1.29, 1.82) is 0 Å². The molecule has 2 rings (SSSR count). The van der Waals surface area contributed by atoms with E-state index in [9.17, 15) is 0 Å². The summed E-state index contributed by atoms with van der Waals surface area (Å²) in [6.45, 7) is 18.7. The SMILES string of the molecule is CC(C)[Si](OCc1ccccn1)(O[Si](OCc1ccccn1)(C(C)C)C(C)C)C(C)C. The van der Waals surface area contributed by atoms with Crippen LogP contribution in [-0.4, -0.2) is 27.1 Å². The van der Waals surface area contributed by atoms with E-state index in [1.165, 1.54) is 0 Å². The smallest absolute Gasteiger partial charge is 0.335 e. The third-order valence-corrected chi connectivity index (χ3v) is 16.1. The number of pyridine rings is 2. The van der Waals surface area contributed by atoms with E-state index in [-0.39, 0.29) is 22.2 Å². The fourth-order valence-corrected chi connectivity index (χ4v) is 15.1. The quantitative estimate of drug-likeness (QED) is 0.328. The molecule has 172 valence electrons. The maximum absolute atomic E-state index is 7.29. The first kappa shape index (κ1) is 25.9. The van der Waals surface area contributed by atoms with Gasteiger partial charge in [0.15, 0.2) is 0 Å². The first-order chi connectivity index (χ1) is 14.6. The highest BCUT2D eigenvalue weighted by molar-refractivity contribution is 6.83. The summed E-state index contributed by atoms with van der Waals surface area (Å²) in [6, 6.07) is 11.9. The van der Waals surface area contributed by atoms with Crippen LogP contribution >= 0.6 is 0 Å². The number of nitrogens with zero attached hydrogens (tertiary/aromatic N) is 2. The van der Waals surface area contributed by atoms with E-state index in [4.69, 9.17) is 13.0 Å². The molecular weight excluding hydrogens is 420 g/mol. The van der Waals surface area contributed by atoms with Crippen LogP contribution in [0.5, 0.6) is 0 Å². The fourth-order valence-electron chi connectivity index (χ4n) is 4.12. The van der Waals surface area contributed by atoms with Gasteiger partial charge >= 0.3 is 17.1 Å². The molecule has 0 aliphatic carbocycles. The van der Waals surface area contributed by atoms with Gasteiger partial charge in [-0.15, -0.1) is 0 Å². The third-order valence-electron chi connectivity index (χ3n) is 5.88. The maximum Gasteiger partial charge on any atom is 0.335 e. The normalized spacial score (nSPS) is 13.0. The molecule has 0 saturated carbocycles. The van der Waals surface area contributed by atoms with Crippen molar-refractivity contribution in [3.8, 4) is 0 Å². The Kier molecular flexibility index (Phi) is 9.57. The second kappa shape index (κ2) is 11.5. The standard InChI is InChI=1S/C24H40N2O3Si2/c1-19(2)30(20(3)4,27-17-23-13-9-11-15-25-23)29-31(21(5)6,22(7)8)28-18-24-14-10-12-16-26-24/h9-16,19-22H,17-18H2,1-8H3. The molecule has 0 unspecified atom stereocenters. The lowest BCUT2D eigenvalue weighted by molar-refractivity contribution is 0.147. The van der Waals surface area contributed by atoms with Gasteiger partial charge in [0.05, 0.1) is 24.6 Å². The van der Waals surface area contributed by atoms with Crippen molar-refractivity contribution in [3.63, 3.8) is 0 Å². The summed E-state index contributed by atoms with van der Waals surface area (Å²) in [4.78, 5) is 8.91. The Labute approximate surface area is 191 Å². The summed E-state index contributed by atoms with van der Waals surface area (Å²) in [5.74, 6) is 0. The van der Waals surface area contributed by atoms with Gasteiger partial charge in [0.1, 0.15) is 0 Å². The van der Waals surface area contributed by atoms with Gasteiger partial charge in [-0.25, -0.2) is 0 Å². The highest BCUT2D eigenvalue weighted by Gasteiger charge is 2.56. The molecule has 2 heterocycles. The van der Waals surface area contributed by atoms with E-state index in [1.807, 2.05) is 48.8 Å². The van der Waals surface area contributed by atoms with Crippen molar-refractivity contribution >= 4 is 17.1 Å². The topological polar surface area (TPSA) is 53.5 Å². The summed E-state index contributed by atoms with van der Waals surface area (Å²) in [6.07, 6.45) is 3.62. The summed E-state index contributed by atoms with van der Waals surface area (Å²) in [5.41, 5.74) is 2.97. The van der Waals surface area contributed by atoms with Gasteiger partial charge in [-0.3, -0.25) is 9.97 Å². The van der Waals surface area contributed by atoms with Crippen LogP contribution in [0.4, 0.5) is 0 Å². The van der Waals surface area contributed by atoms with E-state index in [0.717, 1.165) is 11.4 Å². The zero-order valence-corrected chi connectivity index (χ0v) is 22.5. The molecule has 0 saturated heterocycles. The third kappa shape index (κ3) is 6.32. The summed E-state index contributed by atoms with van der Waals surface area (Å²) in [5, 5.41) is 0. The summed E-state index contributed by atoms with van der Waals surface area (Å²) >= 11 is 0. The molecule has 0 aliphatic heterocycles. The van der Waals surface area contributed by atoms with Gasteiger partial charge in [0, 0.05) is 12.4 Å². The average Bonchev–Trinajstić information content (AvgIpc) is 2.74. The molecule has 0 radical (unpaired) electrons. The second-order valence-electron chi connectivity index (χ2n) is 9.38. The van der Waals surface area contributed by atoms with E-state index in [1.54, 1.807) is 0 Å². The molecule has 2 aromatic rings. The molecule has 0 aliphatic rings. The molecule has 0 aromatic carbocycles. The van der Waals surface area contributed by atoms with Crippen LogP contribution in [0, 0.1) is 0 Å². The molecule has 7 heteroatoms. The number of hydrogen-bond acceptors (Lipinski definition) is 5. The van der Waals surface area contributed by atoms with Gasteiger partial charge in [0.2, 0.25) is 0 Å². The van der Waals surface area contributed by atoms with Crippen LogP contribution in [0.3, 0.4) is 0 Å². The Morgan fingerprint density at radius 2 is 0.968 bits per heavy atom. The molecule has 0 spiro atoms. The summed E-state index contributed by atoms with van der Waals surface area (Å²) < 4.78 is 20.8. The molecule has 0 bridgehead atoms.